The number of alkyl halides is 1. The molecule has 1 aromatic carbocycles. The number of hydrogen-bond acceptors (Lipinski definition) is 2. The van der Waals surface area contributed by atoms with Gasteiger partial charge in [0.1, 0.15) is 0 Å². The highest BCUT2D eigenvalue weighted by atomic mass is 127. The first-order valence-corrected chi connectivity index (χ1v) is 4.51. The first kappa shape index (κ1) is 7.65. The van der Waals surface area contributed by atoms with Gasteiger partial charge in [0, 0.05) is 11.4 Å². The third-order valence-electron chi connectivity index (χ3n) is 1.18. The predicted octanol–water partition coefficient (Wildman–Crippen LogP) is 2.07. The monoisotopic (exact) mass is 248 g/mol. The Bertz CT molecular complexity index is 195. The van der Waals surface area contributed by atoms with E-state index < -0.39 is 0 Å². The van der Waals surface area contributed by atoms with Gasteiger partial charge in [-0.25, -0.2) is 0 Å². The average Bonchev–Trinajstić information content (AvgIpc) is 1.95. The zero-order chi connectivity index (χ0) is 7.40. The van der Waals surface area contributed by atoms with Crippen LogP contribution in [-0.2, 0) is 0 Å². The van der Waals surface area contributed by atoms with E-state index in [0.29, 0.717) is 0 Å². The molecule has 0 aromatic heterocycles. The van der Waals surface area contributed by atoms with Crippen LogP contribution in [0.25, 0.3) is 0 Å². The molecule has 0 aliphatic rings. The number of nitrogen functional groups attached to an aromatic ring is 1. The van der Waals surface area contributed by atoms with Crippen molar-refractivity contribution in [2.24, 2.45) is 0 Å². The van der Waals surface area contributed by atoms with Gasteiger partial charge in [0.25, 0.3) is 0 Å². The summed E-state index contributed by atoms with van der Waals surface area (Å²) in [6, 6.07) is 7.70. The van der Waals surface area contributed by atoms with Crippen molar-refractivity contribution >= 4 is 34.0 Å². The van der Waals surface area contributed by atoms with Crippen LogP contribution in [0.3, 0.4) is 0 Å². The molecule has 0 heterocycles. The Morgan fingerprint density at radius 3 is 2.40 bits per heavy atom. The maximum absolute atomic E-state index is 5.49. The Morgan fingerprint density at radius 2 is 1.90 bits per heavy atom. The topological polar surface area (TPSA) is 38.0 Å². The summed E-state index contributed by atoms with van der Waals surface area (Å²) < 4.78 is 0.918. The van der Waals surface area contributed by atoms with Gasteiger partial charge in [-0.1, -0.05) is 22.6 Å². The lowest BCUT2D eigenvalue weighted by Gasteiger charge is -2.00. The SMILES string of the molecule is Nc1ccc(NCI)cc1. The van der Waals surface area contributed by atoms with Crippen molar-refractivity contribution in [3.05, 3.63) is 24.3 Å². The highest BCUT2D eigenvalue weighted by Gasteiger charge is 1.86. The molecule has 2 nitrogen and oxygen atoms in total. The van der Waals surface area contributed by atoms with E-state index >= 15 is 0 Å². The van der Waals surface area contributed by atoms with Gasteiger partial charge in [0.2, 0.25) is 0 Å². The molecule has 0 aliphatic heterocycles. The highest BCUT2D eigenvalue weighted by molar-refractivity contribution is 14.1. The number of rotatable bonds is 2. The molecule has 3 heteroatoms. The van der Waals surface area contributed by atoms with Crippen molar-refractivity contribution < 1.29 is 0 Å². The van der Waals surface area contributed by atoms with Crippen LogP contribution in [0, 0.1) is 0 Å². The minimum absolute atomic E-state index is 0.805. The van der Waals surface area contributed by atoms with Crippen LogP contribution >= 0.6 is 22.6 Å². The van der Waals surface area contributed by atoms with Gasteiger partial charge in [0.15, 0.2) is 0 Å². The average molecular weight is 248 g/mol. The van der Waals surface area contributed by atoms with E-state index in [0.717, 1.165) is 15.9 Å². The third kappa shape index (κ3) is 2.06. The summed E-state index contributed by atoms with van der Waals surface area (Å²) in [5.41, 5.74) is 7.41. The van der Waals surface area contributed by atoms with Crippen molar-refractivity contribution in [3.8, 4) is 0 Å². The van der Waals surface area contributed by atoms with Crippen LogP contribution in [0.1, 0.15) is 0 Å². The lowest BCUT2D eigenvalue weighted by atomic mass is 10.3. The molecule has 3 N–H and O–H groups in total. The second-order valence-corrected chi connectivity index (χ2v) is 2.70. The van der Waals surface area contributed by atoms with Gasteiger partial charge >= 0.3 is 0 Å². The Labute approximate surface area is 73.9 Å². The van der Waals surface area contributed by atoms with Crippen molar-refractivity contribution in [2.75, 3.05) is 15.6 Å². The standard InChI is InChI=1S/C7H9IN2/c8-5-10-7-3-1-6(9)2-4-7/h1-4,10H,5,9H2. The van der Waals surface area contributed by atoms with Crippen molar-refractivity contribution in [1.82, 2.24) is 0 Å². The van der Waals surface area contributed by atoms with Crippen LogP contribution in [-0.4, -0.2) is 4.55 Å². The zero-order valence-corrected chi connectivity index (χ0v) is 7.63. The van der Waals surface area contributed by atoms with Gasteiger partial charge in [-0.3, -0.25) is 0 Å². The van der Waals surface area contributed by atoms with E-state index in [4.69, 9.17) is 5.73 Å². The van der Waals surface area contributed by atoms with Gasteiger partial charge in [-0.2, -0.15) is 0 Å². The molecule has 1 rings (SSSR count). The number of halogens is 1. The first-order valence-electron chi connectivity index (χ1n) is 2.98. The second-order valence-electron chi connectivity index (χ2n) is 1.93. The molecule has 1 aromatic rings. The number of anilines is 2. The van der Waals surface area contributed by atoms with Gasteiger partial charge in [0.05, 0.1) is 4.55 Å². The van der Waals surface area contributed by atoms with E-state index in [-0.39, 0.29) is 0 Å². The van der Waals surface area contributed by atoms with Crippen molar-refractivity contribution in [3.63, 3.8) is 0 Å². The molecule has 0 atom stereocenters. The summed E-state index contributed by atoms with van der Waals surface area (Å²) in [4.78, 5) is 0. The molecule has 0 aliphatic carbocycles. The number of hydrogen-bond donors (Lipinski definition) is 2. The molecule has 0 unspecified atom stereocenters. The number of nitrogens with two attached hydrogens (primary N) is 1. The van der Waals surface area contributed by atoms with E-state index in [9.17, 15) is 0 Å². The minimum Gasteiger partial charge on any atom is -0.399 e. The van der Waals surface area contributed by atoms with Crippen molar-refractivity contribution in [1.29, 1.82) is 0 Å². The summed E-state index contributed by atoms with van der Waals surface area (Å²) in [6.07, 6.45) is 0. The zero-order valence-electron chi connectivity index (χ0n) is 5.47. The Morgan fingerprint density at radius 1 is 1.30 bits per heavy atom. The quantitative estimate of drug-likeness (QED) is 0.364. The van der Waals surface area contributed by atoms with Gasteiger partial charge in [-0.05, 0) is 24.3 Å². The molecule has 0 saturated carbocycles. The summed E-state index contributed by atoms with van der Waals surface area (Å²) in [6.45, 7) is 0. The maximum Gasteiger partial charge on any atom is 0.0670 e. The highest BCUT2D eigenvalue weighted by Crippen LogP contribution is 2.10. The summed E-state index contributed by atoms with van der Waals surface area (Å²) in [5.74, 6) is 0. The fourth-order valence-corrected chi connectivity index (χ4v) is 1.12. The molecule has 0 spiro atoms. The lowest BCUT2D eigenvalue weighted by molar-refractivity contribution is 1.49. The van der Waals surface area contributed by atoms with E-state index in [1.807, 2.05) is 24.3 Å². The normalized spacial score (nSPS) is 9.30. The van der Waals surface area contributed by atoms with Gasteiger partial charge < -0.3 is 11.1 Å². The molecule has 10 heavy (non-hydrogen) atoms. The first-order chi connectivity index (χ1) is 4.83. The van der Waals surface area contributed by atoms with Crippen LogP contribution in [0.4, 0.5) is 11.4 Å². The molecule has 0 fully saturated rings. The van der Waals surface area contributed by atoms with E-state index in [2.05, 4.69) is 27.9 Å². The molecule has 0 radical (unpaired) electrons. The third-order valence-corrected chi connectivity index (χ3v) is 1.56. The van der Waals surface area contributed by atoms with Crippen molar-refractivity contribution in [2.45, 2.75) is 0 Å². The number of nitrogens with one attached hydrogen (secondary N) is 1. The lowest BCUT2D eigenvalue weighted by Crippen LogP contribution is -1.93. The van der Waals surface area contributed by atoms with Crippen LogP contribution in [0.2, 0.25) is 0 Å². The Balaban J connectivity index is 2.69. The summed E-state index contributed by atoms with van der Waals surface area (Å²) in [5, 5.41) is 3.17. The van der Waals surface area contributed by atoms with Crippen LogP contribution in [0.15, 0.2) is 24.3 Å². The van der Waals surface area contributed by atoms with Crippen LogP contribution < -0.4 is 11.1 Å². The largest absolute Gasteiger partial charge is 0.399 e. The molecular formula is C7H9IN2. The smallest absolute Gasteiger partial charge is 0.0670 e. The molecule has 54 valence electrons. The summed E-state index contributed by atoms with van der Waals surface area (Å²) in [7, 11) is 0. The van der Waals surface area contributed by atoms with Crippen LogP contribution in [0.5, 0.6) is 0 Å². The fourth-order valence-electron chi connectivity index (χ4n) is 0.678. The molecular weight excluding hydrogens is 239 g/mol. The Kier molecular flexibility index (Phi) is 2.80. The van der Waals surface area contributed by atoms with Gasteiger partial charge in [-0.15, -0.1) is 0 Å². The molecule has 0 amide bonds. The molecule has 0 bridgehead atoms. The maximum atomic E-state index is 5.49. The predicted molar refractivity (Wildman–Crippen MR) is 53.4 cm³/mol. The summed E-state index contributed by atoms with van der Waals surface area (Å²) >= 11 is 2.26. The fraction of sp³-hybridized carbons (Fsp3) is 0.143. The van der Waals surface area contributed by atoms with E-state index in [1.54, 1.807) is 0 Å². The number of benzene rings is 1. The molecule has 0 saturated heterocycles. The van der Waals surface area contributed by atoms with E-state index in [1.165, 1.54) is 0 Å². The Hall–Kier alpha value is -0.450. The minimum atomic E-state index is 0.805. The second kappa shape index (κ2) is 3.65.